The highest BCUT2D eigenvalue weighted by molar-refractivity contribution is 5.76. The molecule has 2 saturated heterocycles. The molecule has 80 heavy (non-hydrogen) atoms. The molecule has 14 nitrogen and oxygen atoms in total. The predicted molar refractivity (Wildman–Crippen MR) is 323 cm³/mol. The molecule has 0 bridgehead atoms. The largest absolute Gasteiger partial charge is 0.394 e. The molecule has 0 radical (unpaired) electrons. The molecule has 0 aliphatic carbocycles. The lowest BCUT2D eigenvalue weighted by molar-refractivity contribution is -0.359. The van der Waals surface area contributed by atoms with Crippen LogP contribution in [0, 0.1) is 0 Å². The molecule has 0 aromatic rings. The van der Waals surface area contributed by atoms with Crippen LogP contribution in [0.1, 0.15) is 296 Å². The summed E-state index contributed by atoms with van der Waals surface area (Å²) in [5, 5.41) is 87.4. The van der Waals surface area contributed by atoms with Gasteiger partial charge in [0.2, 0.25) is 5.91 Å². The lowest BCUT2D eigenvalue weighted by Gasteiger charge is -2.46. The van der Waals surface area contributed by atoms with Crippen molar-refractivity contribution in [1.82, 2.24) is 5.32 Å². The summed E-state index contributed by atoms with van der Waals surface area (Å²) in [6.07, 6.45) is 46.3. The minimum absolute atomic E-state index is 0.217. The second kappa shape index (κ2) is 51.9. The van der Waals surface area contributed by atoms with Crippen LogP contribution >= 0.6 is 0 Å². The smallest absolute Gasteiger partial charge is 0.220 e. The van der Waals surface area contributed by atoms with Gasteiger partial charge in [0.15, 0.2) is 12.6 Å². The van der Waals surface area contributed by atoms with Crippen molar-refractivity contribution >= 4 is 5.91 Å². The summed E-state index contributed by atoms with van der Waals surface area (Å²) in [7, 11) is 0. The fraction of sp³-hybridized carbons (Fsp3) is 0.924. The summed E-state index contributed by atoms with van der Waals surface area (Å²) >= 11 is 0. The van der Waals surface area contributed by atoms with Gasteiger partial charge in [-0.2, -0.15) is 0 Å². The number of hydrogen-bond acceptors (Lipinski definition) is 13. The van der Waals surface area contributed by atoms with Gasteiger partial charge in [0.1, 0.15) is 48.8 Å². The number of rotatable bonds is 55. The molecule has 9 N–H and O–H groups in total. The van der Waals surface area contributed by atoms with Gasteiger partial charge in [-0.3, -0.25) is 4.79 Å². The van der Waals surface area contributed by atoms with Crippen LogP contribution in [0.15, 0.2) is 24.3 Å². The second-order valence-electron chi connectivity index (χ2n) is 24.0. The molecule has 0 saturated carbocycles. The average molecular weight is 1140 g/mol. The first-order chi connectivity index (χ1) is 39.1. The van der Waals surface area contributed by atoms with Crippen LogP contribution in [0.3, 0.4) is 0 Å². The predicted octanol–water partition coefficient (Wildman–Crippen LogP) is 12.8. The molecular weight excluding hydrogens is 1010 g/mol. The molecule has 0 spiro atoms. The normalized spacial score (nSPS) is 24.3. The Morgan fingerprint density at radius 3 is 1.27 bits per heavy atom. The van der Waals surface area contributed by atoms with Gasteiger partial charge in [-0.05, 0) is 44.9 Å². The zero-order valence-electron chi connectivity index (χ0n) is 51.1. The summed E-state index contributed by atoms with van der Waals surface area (Å²) in [6, 6.07) is -0.836. The van der Waals surface area contributed by atoms with Crippen molar-refractivity contribution in [2.75, 3.05) is 19.8 Å². The standard InChI is InChI=1S/C66H125NO13/c1-3-5-7-9-11-13-15-17-19-20-21-22-23-24-25-26-27-28-29-30-31-32-33-34-36-37-39-41-43-45-47-49-55(70)54(67-58(71)50-48-46-44-42-40-38-35-18-16-14-12-10-8-6-4-2)53-77-65-63(76)61(74)64(57(52-69)79-65)80-66-62(75)60(73)59(72)56(51-68)78-66/h12,14,18,35,54-57,59-66,68-70,72-76H,3-11,13,15-17,19-34,36-53H2,1-2H3,(H,67,71)/b14-12-,35-18-. The number of carbonyl (C=O) groups is 1. The van der Waals surface area contributed by atoms with Crippen LogP contribution in [0.4, 0.5) is 0 Å². The van der Waals surface area contributed by atoms with Crippen LogP contribution in [0.5, 0.6) is 0 Å². The Hall–Kier alpha value is -1.53. The first-order valence-corrected chi connectivity index (χ1v) is 33.6. The zero-order valence-corrected chi connectivity index (χ0v) is 51.1. The van der Waals surface area contributed by atoms with Crippen LogP contribution in [0.25, 0.3) is 0 Å². The van der Waals surface area contributed by atoms with E-state index in [1.807, 2.05) is 0 Å². The number of amides is 1. The van der Waals surface area contributed by atoms with Gasteiger partial charge in [0.05, 0.1) is 32.0 Å². The molecule has 12 unspecified atom stereocenters. The third-order valence-corrected chi connectivity index (χ3v) is 16.7. The highest BCUT2D eigenvalue weighted by Crippen LogP contribution is 2.30. The van der Waals surface area contributed by atoms with Gasteiger partial charge in [-0.15, -0.1) is 0 Å². The Kier molecular flexibility index (Phi) is 48.3. The van der Waals surface area contributed by atoms with Crippen molar-refractivity contribution in [3.63, 3.8) is 0 Å². The topological polar surface area (TPSA) is 228 Å². The molecule has 2 heterocycles. The van der Waals surface area contributed by atoms with E-state index in [4.69, 9.17) is 18.9 Å². The molecule has 0 aromatic carbocycles. The second-order valence-corrected chi connectivity index (χ2v) is 24.0. The lowest BCUT2D eigenvalue weighted by atomic mass is 9.97. The Morgan fingerprint density at radius 1 is 0.450 bits per heavy atom. The summed E-state index contributed by atoms with van der Waals surface area (Å²) in [4.78, 5) is 13.3. The van der Waals surface area contributed by atoms with E-state index in [1.54, 1.807) is 0 Å². The van der Waals surface area contributed by atoms with Crippen molar-refractivity contribution in [1.29, 1.82) is 0 Å². The van der Waals surface area contributed by atoms with E-state index in [-0.39, 0.29) is 18.9 Å². The molecule has 1 amide bonds. The van der Waals surface area contributed by atoms with E-state index in [9.17, 15) is 45.6 Å². The first kappa shape index (κ1) is 74.6. The van der Waals surface area contributed by atoms with E-state index >= 15 is 0 Å². The van der Waals surface area contributed by atoms with Gasteiger partial charge in [0, 0.05) is 6.42 Å². The Labute approximate surface area is 488 Å². The Balaban J connectivity index is 1.64. The van der Waals surface area contributed by atoms with Crippen LogP contribution < -0.4 is 5.32 Å². The van der Waals surface area contributed by atoms with E-state index < -0.39 is 86.8 Å². The summed E-state index contributed by atoms with van der Waals surface area (Å²) in [5.74, 6) is -0.217. The van der Waals surface area contributed by atoms with Crippen LogP contribution in [-0.4, -0.2) is 140 Å². The van der Waals surface area contributed by atoms with Crippen LogP contribution in [0.2, 0.25) is 0 Å². The Bertz CT molecular complexity index is 1440. The molecule has 12 atom stereocenters. The molecule has 472 valence electrons. The third-order valence-electron chi connectivity index (χ3n) is 16.7. The number of unbranched alkanes of at least 4 members (excludes halogenated alkanes) is 38. The molecule has 2 fully saturated rings. The lowest BCUT2D eigenvalue weighted by Crippen LogP contribution is -2.65. The fourth-order valence-corrected chi connectivity index (χ4v) is 11.3. The zero-order chi connectivity index (χ0) is 58.1. The van der Waals surface area contributed by atoms with Gasteiger partial charge in [0.25, 0.3) is 0 Å². The monoisotopic (exact) mass is 1140 g/mol. The SMILES string of the molecule is CCCCC/C=C\C/C=C\CCCCCCCC(=O)NC(COC1OC(CO)C(OC2OC(CO)C(O)C(O)C2O)C(O)C1O)C(O)CCCCCCCCCCCCCCCCCCCCCCCCCCCCCCCCC. The van der Waals surface area contributed by atoms with E-state index in [2.05, 4.69) is 43.5 Å². The summed E-state index contributed by atoms with van der Waals surface area (Å²) in [5.41, 5.74) is 0. The van der Waals surface area contributed by atoms with Gasteiger partial charge >= 0.3 is 0 Å². The highest BCUT2D eigenvalue weighted by Gasteiger charge is 2.51. The van der Waals surface area contributed by atoms with Gasteiger partial charge in [-0.1, -0.05) is 269 Å². The molecule has 0 aromatic heterocycles. The summed E-state index contributed by atoms with van der Waals surface area (Å²) < 4.78 is 22.9. The maximum Gasteiger partial charge on any atom is 0.220 e. The van der Waals surface area contributed by atoms with Crippen molar-refractivity contribution < 1.29 is 64.6 Å². The van der Waals surface area contributed by atoms with Crippen LogP contribution in [-0.2, 0) is 23.7 Å². The number of carbonyl (C=O) groups excluding carboxylic acids is 1. The number of aliphatic hydroxyl groups excluding tert-OH is 8. The molecule has 14 heteroatoms. The maximum atomic E-state index is 13.3. The highest BCUT2D eigenvalue weighted by atomic mass is 16.7. The van der Waals surface area contributed by atoms with E-state index in [0.29, 0.717) is 12.8 Å². The maximum absolute atomic E-state index is 13.3. The summed E-state index contributed by atoms with van der Waals surface area (Å²) in [6.45, 7) is 2.86. The first-order valence-electron chi connectivity index (χ1n) is 33.6. The number of nitrogens with one attached hydrogen (secondary N) is 1. The average Bonchev–Trinajstić information content (AvgIpc) is 3.46. The number of ether oxygens (including phenoxy) is 4. The number of hydrogen-bond donors (Lipinski definition) is 9. The van der Waals surface area contributed by atoms with Gasteiger partial charge in [-0.25, -0.2) is 0 Å². The minimum Gasteiger partial charge on any atom is -0.394 e. The number of allylic oxidation sites excluding steroid dienone is 4. The van der Waals surface area contributed by atoms with E-state index in [0.717, 1.165) is 70.6 Å². The van der Waals surface area contributed by atoms with Crippen molar-refractivity contribution in [3.8, 4) is 0 Å². The van der Waals surface area contributed by atoms with Crippen molar-refractivity contribution in [2.45, 2.75) is 370 Å². The molecular formula is C66H125NO13. The van der Waals surface area contributed by atoms with Crippen molar-refractivity contribution in [2.24, 2.45) is 0 Å². The fourth-order valence-electron chi connectivity index (χ4n) is 11.3. The van der Waals surface area contributed by atoms with Gasteiger partial charge < -0.3 is 65.1 Å². The molecule has 2 rings (SSSR count). The van der Waals surface area contributed by atoms with Crippen molar-refractivity contribution in [3.05, 3.63) is 24.3 Å². The quantitative estimate of drug-likeness (QED) is 0.0204. The Morgan fingerprint density at radius 2 is 0.825 bits per heavy atom. The molecule has 2 aliphatic heterocycles. The third kappa shape index (κ3) is 36.3. The van der Waals surface area contributed by atoms with E-state index in [1.165, 1.54) is 193 Å². The number of aliphatic hydroxyl groups is 8. The molecule has 2 aliphatic rings. The minimum atomic E-state index is -1.78.